The molecule has 4 nitrogen and oxygen atoms in total. The van der Waals surface area contributed by atoms with Crippen LogP contribution in [0, 0.1) is 13.8 Å². The smallest absolute Gasteiger partial charge is 0.147 e. The molecule has 0 amide bonds. The number of morpholine rings is 1. The van der Waals surface area contributed by atoms with Crippen LogP contribution >= 0.6 is 11.6 Å². The third-order valence-electron chi connectivity index (χ3n) is 3.00. The summed E-state index contributed by atoms with van der Waals surface area (Å²) in [6.07, 6.45) is 2.07. The van der Waals surface area contributed by atoms with E-state index in [1.165, 1.54) is 0 Å². The first-order valence-electron chi connectivity index (χ1n) is 5.86. The van der Waals surface area contributed by atoms with E-state index in [0.29, 0.717) is 5.88 Å². The Morgan fingerprint density at radius 3 is 2.82 bits per heavy atom. The third-order valence-corrected chi connectivity index (χ3v) is 3.35. The maximum Gasteiger partial charge on any atom is 0.147 e. The van der Waals surface area contributed by atoms with Crippen LogP contribution in [-0.2, 0) is 4.74 Å². The Kier molecular flexibility index (Phi) is 3.84. The molecule has 0 radical (unpaired) electrons. The van der Waals surface area contributed by atoms with E-state index in [0.717, 1.165) is 30.3 Å². The first-order valence-corrected chi connectivity index (χ1v) is 6.40. The summed E-state index contributed by atoms with van der Waals surface area (Å²) in [7, 11) is 0. The van der Waals surface area contributed by atoms with Crippen LogP contribution in [0.2, 0.25) is 0 Å². The van der Waals surface area contributed by atoms with Gasteiger partial charge in [0.1, 0.15) is 5.82 Å². The lowest BCUT2D eigenvalue weighted by molar-refractivity contribution is -0.00360. The van der Waals surface area contributed by atoms with Crippen molar-refractivity contribution in [3.8, 4) is 0 Å². The van der Waals surface area contributed by atoms with Crippen molar-refractivity contribution in [2.24, 2.45) is 0 Å². The Hall–Kier alpha value is -0.870. The normalized spacial score (nSPS) is 25.1. The predicted octanol–water partition coefficient (Wildman–Crippen LogP) is 1.93. The van der Waals surface area contributed by atoms with Crippen LogP contribution in [0.15, 0.2) is 6.20 Å². The van der Waals surface area contributed by atoms with Gasteiger partial charge in [0, 0.05) is 13.1 Å². The van der Waals surface area contributed by atoms with E-state index in [1.807, 2.05) is 20.0 Å². The van der Waals surface area contributed by atoms with Gasteiger partial charge in [-0.05, 0) is 20.8 Å². The van der Waals surface area contributed by atoms with Gasteiger partial charge in [0.25, 0.3) is 0 Å². The van der Waals surface area contributed by atoms with Crippen molar-refractivity contribution >= 4 is 17.4 Å². The van der Waals surface area contributed by atoms with Gasteiger partial charge in [-0.2, -0.15) is 0 Å². The first kappa shape index (κ1) is 12.6. The van der Waals surface area contributed by atoms with Crippen molar-refractivity contribution in [1.29, 1.82) is 0 Å². The highest BCUT2D eigenvalue weighted by Crippen LogP contribution is 2.19. The van der Waals surface area contributed by atoms with Crippen LogP contribution in [-0.4, -0.2) is 41.1 Å². The van der Waals surface area contributed by atoms with Crippen LogP contribution < -0.4 is 4.90 Å². The summed E-state index contributed by atoms with van der Waals surface area (Å²) in [5.74, 6) is 1.43. The molecule has 1 aromatic heterocycles. The fraction of sp³-hybridized carbons (Fsp3) is 0.667. The second-order valence-corrected chi connectivity index (χ2v) is 4.84. The second-order valence-electron chi connectivity index (χ2n) is 4.53. The minimum absolute atomic E-state index is 0.0730. The molecule has 0 N–H and O–H groups in total. The fourth-order valence-corrected chi connectivity index (χ4v) is 2.17. The quantitative estimate of drug-likeness (QED) is 0.757. The van der Waals surface area contributed by atoms with Gasteiger partial charge in [0.15, 0.2) is 0 Å². The molecular weight excluding hydrogens is 238 g/mol. The highest BCUT2D eigenvalue weighted by atomic mass is 35.5. The fourth-order valence-electron chi connectivity index (χ4n) is 2.00. The van der Waals surface area contributed by atoms with Crippen molar-refractivity contribution in [3.63, 3.8) is 0 Å². The van der Waals surface area contributed by atoms with Crippen molar-refractivity contribution in [2.45, 2.75) is 33.0 Å². The minimum Gasteiger partial charge on any atom is -0.370 e. The molecule has 1 aromatic rings. The molecule has 1 aliphatic rings. The molecule has 17 heavy (non-hydrogen) atoms. The van der Waals surface area contributed by atoms with Gasteiger partial charge in [-0.1, -0.05) is 0 Å². The van der Waals surface area contributed by atoms with Gasteiger partial charge < -0.3 is 9.64 Å². The van der Waals surface area contributed by atoms with E-state index in [1.54, 1.807) is 0 Å². The SMILES string of the molecule is Cc1ncc(N2CC(C)OC(CCl)C2)nc1C. The molecule has 0 saturated carbocycles. The molecular formula is C12H18ClN3O. The minimum atomic E-state index is 0.0730. The highest BCUT2D eigenvalue weighted by molar-refractivity contribution is 6.18. The largest absolute Gasteiger partial charge is 0.370 e. The summed E-state index contributed by atoms with van der Waals surface area (Å²) in [6, 6.07) is 0. The van der Waals surface area contributed by atoms with Crippen LogP contribution in [0.5, 0.6) is 0 Å². The zero-order valence-electron chi connectivity index (χ0n) is 10.5. The standard InChI is InChI=1S/C12H18ClN3O/c1-8-6-16(7-11(4-13)17-8)12-5-14-9(2)10(3)15-12/h5,8,11H,4,6-7H2,1-3H3. The van der Waals surface area contributed by atoms with Gasteiger partial charge in [0.05, 0.1) is 35.7 Å². The highest BCUT2D eigenvalue weighted by Gasteiger charge is 2.25. The van der Waals surface area contributed by atoms with E-state index < -0.39 is 0 Å². The maximum absolute atomic E-state index is 5.87. The monoisotopic (exact) mass is 255 g/mol. The van der Waals surface area contributed by atoms with Crippen LogP contribution in [0.4, 0.5) is 5.82 Å². The Balaban J connectivity index is 2.17. The zero-order valence-corrected chi connectivity index (χ0v) is 11.2. The average molecular weight is 256 g/mol. The summed E-state index contributed by atoms with van der Waals surface area (Å²) >= 11 is 5.87. The predicted molar refractivity (Wildman–Crippen MR) is 68.8 cm³/mol. The zero-order chi connectivity index (χ0) is 12.4. The number of hydrogen-bond acceptors (Lipinski definition) is 4. The Morgan fingerprint density at radius 2 is 2.18 bits per heavy atom. The number of aromatic nitrogens is 2. The number of hydrogen-bond donors (Lipinski definition) is 0. The topological polar surface area (TPSA) is 38.2 Å². The first-order chi connectivity index (χ1) is 8.10. The number of rotatable bonds is 2. The Labute approximate surface area is 107 Å². The molecule has 2 rings (SSSR count). The van der Waals surface area contributed by atoms with Crippen LogP contribution in [0.1, 0.15) is 18.3 Å². The molecule has 1 fully saturated rings. The lowest BCUT2D eigenvalue weighted by Gasteiger charge is -2.36. The molecule has 1 aliphatic heterocycles. The van der Waals surface area contributed by atoms with Crippen molar-refractivity contribution < 1.29 is 4.74 Å². The number of aryl methyl sites for hydroxylation is 2. The van der Waals surface area contributed by atoms with Gasteiger partial charge in [0.2, 0.25) is 0 Å². The summed E-state index contributed by atoms with van der Waals surface area (Å²) in [5.41, 5.74) is 1.95. The van der Waals surface area contributed by atoms with Crippen molar-refractivity contribution in [1.82, 2.24) is 9.97 Å². The van der Waals surface area contributed by atoms with Crippen molar-refractivity contribution in [3.05, 3.63) is 17.6 Å². The average Bonchev–Trinajstić information content (AvgIpc) is 2.32. The van der Waals surface area contributed by atoms with Crippen LogP contribution in [0.25, 0.3) is 0 Å². The van der Waals surface area contributed by atoms with E-state index in [9.17, 15) is 0 Å². The van der Waals surface area contributed by atoms with E-state index >= 15 is 0 Å². The Bertz CT molecular complexity index is 399. The summed E-state index contributed by atoms with van der Waals surface area (Å²) < 4.78 is 5.72. The van der Waals surface area contributed by atoms with Gasteiger partial charge in [-0.3, -0.25) is 4.98 Å². The second kappa shape index (κ2) is 5.19. The molecule has 2 atom stereocenters. The molecule has 2 heterocycles. The maximum atomic E-state index is 5.87. The molecule has 0 bridgehead atoms. The third kappa shape index (κ3) is 2.87. The molecule has 0 spiro atoms. The van der Waals surface area contributed by atoms with Gasteiger partial charge >= 0.3 is 0 Å². The summed E-state index contributed by atoms with van der Waals surface area (Å²) in [6.45, 7) is 7.63. The number of halogens is 1. The number of anilines is 1. The summed E-state index contributed by atoms with van der Waals surface area (Å²) in [4.78, 5) is 11.1. The van der Waals surface area contributed by atoms with Crippen molar-refractivity contribution in [2.75, 3.05) is 23.9 Å². The number of alkyl halides is 1. The van der Waals surface area contributed by atoms with Crippen LogP contribution in [0.3, 0.4) is 0 Å². The summed E-state index contributed by atoms with van der Waals surface area (Å²) in [5, 5.41) is 0. The number of ether oxygens (including phenoxy) is 1. The van der Waals surface area contributed by atoms with E-state index in [2.05, 4.69) is 21.8 Å². The molecule has 1 saturated heterocycles. The van der Waals surface area contributed by atoms with Gasteiger partial charge in [-0.15, -0.1) is 11.6 Å². The lowest BCUT2D eigenvalue weighted by atomic mass is 10.2. The Morgan fingerprint density at radius 1 is 1.41 bits per heavy atom. The van der Waals surface area contributed by atoms with E-state index in [-0.39, 0.29) is 12.2 Å². The van der Waals surface area contributed by atoms with E-state index in [4.69, 9.17) is 16.3 Å². The molecule has 2 unspecified atom stereocenters. The van der Waals surface area contributed by atoms with Gasteiger partial charge in [-0.25, -0.2) is 4.98 Å². The molecule has 94 valence electrons. The number of nitrogens with zero attached hydrogens (tertiary/aromatic N) is 3. The molecule has 0 aliphatic carbocycles. The molecule has 5 heteroatoms. The lowest BCUT2D eigenvalue weighted by Crippen LogP contribution is -2.47. The molecule has 0 aromatic carbocycles.